The molecule has 5 nitrogen and oxygen atoms in total. The summed E-state index contributed by atoms with van der Waals surface area (Å²) < 4.78 is 0. The number of anilines is 2. The molecule has 0 aliphatic rings. The monoisotopic (exact) mass is 341 g/mol. The first-order valence-corrected chi connectivity index (χ1v) is 7.73. The van der Waals surface area contributed by atoms with Crippen LogP contribution in [0.1, 0.15) is 10.4 Å². The van der Waals surface area contributed by atoms with Crippen LogP contribution in [0.3, 0.4) is 0 Å². The third kappa shape index (κ3) is 3.12. The molecule has 122 valence electrons. The van der Waals surface area contributed by atoms with Crippen LogP contribution in [-0.2, 0) is 4.79 Å². The lowest BCUT2D eigenvalue weighted by molar-refractivity contribution is -0.112. The molecule has 0 saturated heterocycles. The summed E-state index contributed by atoms with van der Waals surface area (Å²) in [6.45, 7) is 0. The number of halogens is 1. The molecule has 0 unspecified atom stereocenters. The van der Waals surface area contributed by atoms with Gasteiger partial charge in [0.15, 0.2) is 0 Å². The zero-order valence-corrected chi connectivity index (χ0v) is 14.0. The molecule has 0 radical (unpaired) electrons. The average molecular weight is 342 g/mol. The van der Waals surface area contributed by atoms with Gasteiger partial charge in [0.2, 0.25) is 0 Å². The summed E-state index contributed by atoms with van der Waals surface area (Å²) in [5.41, 5.74) is 2.63. The van der Waals surface area contributed by atoms with Crippen molar-refractivity contribution in [3.8, 4) is 0 Å². The number of fused-ring (bicyclic) bond motifs is 1. The molecule has 1 aromatic heterocycles. The maximum Gasteiger partial charge on any atom is 0.296 e. The SMILES string of the molecule is CN(C)c1ccc(NC(=O)C(=O)c2c[nH]c3ccc(Cl)cc23)cc1. The third-order valence-corrected chi connectivity index (χ3v) is 3.97. The van der Waals surface area contributed by atoms with Crippen LogP contribution in [0.15, 0.2) is 48.7 Å². The lowest BCUT2D eigenvalue weighted by atomic mass is 10.1. The Balaban J connectivity index is 1.81. The molecule has 0 spiro atoms. The zero-order valence-electron chi connectivity index (χ0n) is 13.3. The molecule has 1 amide bonds. The van der Waals surface area contributed by atoms with E-state index in [1.165, 1.54) is 6.20 Å². The second kappa shape index (κ2) is 6.37. The van der Waals surface area contributed by atoms with Crippen LogP contribution in [0, 0.1) is 0 Å². The summed E-state index contributed by atoms with van der Waals surface area (Å²) >= 11 is 5.97. The van der Waals surface area contributed by atoms with Crippen molar-refractivity contribution in [1.82, 2.24) is 4.98 Å². The number of carbonyl (C=O) groups is 2. The summed E-state index contributed by atoms with van der Waals surface area (Å²) in [5, 5.41) is 3.76. The molecular formula is C18H16ClN3O2. The third-order valence-electron chi connectivity index (χ3n) is 3.74. The number of ketones is 1. The van der Waals surface area contributed by atoms with E-state index in [1.54, 1.807) is 30.3 Å². The number of amides is 1. The minimum atomic E-state index is -0.687. The summed E-state index contributed by atoms with van der Waals surface area (Å²) in [6.07, 6.45) is 1.53. The molecule has 0 aliphatic heterocycles. The Morgan fingerprint density at radius 1 is 1.08 bits per heavy atom. The largest absolute Gasteiger partial charge is 0.378 e. The Morgan fingerprint density at radius 3 is 2.46 bits per heavy atom. The Hall–Kier alpha value is -2.79. The van der Waals surface area contributed by atoms with Gasteiger partial charge in [-0.15, -0.1) is 0 Å². The van der Waals surface area contributed by atoms with Crippen LogP contribution >= 0.6 is 11.6 Å². The van der Waals surface area contributed by atoms with Crippen molar-refractivity contribution >= 4 is 45.6 Å². The number of hydrogen-bond donors (Lipinski definition) is 2. The molecule has 2 aromatic carbocycles. The molecule has 0 bridgehead atoms. The second-order valence-corrected chi connectivity index (χ2v) is 6.05. The fraction of sp³-hybridized carbons (Fsp3) is 0.111. The highest BCUT2D eigenvalue weighted by Gasteiger charge is 2.20. The van der Waals surface area contributed by atoms with Crippen LogP contribution < -0.4 is 10.2 Å². The number of carbonyl (C=O) groups excluding carboxylic acids is 2. The van der Waals surface area contributed by atoms with Crippen LogP contribution in [0.4, 0.5) is 11.4 Å². The number of Topliss-reactive ketones (excluding diaryl/α,β-unsaturated/α-hetero) is 1. The van der Waals surface area contributed by atoms with Gasteiger partial charge in [0, 0.05) is 47.6 Å². The fourth-order valence-electron chi connectivity index (χ4n) is 2.43. The number of benzene rings is 2. The Morgan fingerprint density at radius 2 is 1.79 bits per heavy atom. The van der Waals surface area contributed by atoms with E-state index in [-0.39, 0.29) is 0 Å². The van der Waals surface area contributed by atoms with Crippen molar-refractivity contribution in [2.45, 2.75) is 0 Å². The molecule has 0 saturated carbocycles. The van der Waals surface area contributed by atoms with Gasteiger partial charge in [0.05, 0.1) is 5.56 Å². The number of H-pyrrole nitrogens is 1. The highest BCUT2D eigenvalue weighted by molar-refractivity contribution is 6.48. The molecule has 2 N–H and O–H groups in total. The quantitative estimate of drug-likeness (QED) is 0.561. The zero-order chi connectivity index (χ0) is 17.3. The van der Waals surface area contributed by atoms with Gasteiger partial charge >= 0.3 is 0 Å². The van der Waals surface area contributed by atoms with Crippen molar-refractivity contribution < 1.29 is 9.59 Å². The first kappa shape index (κ1) is 16.1. The topological polar surface area (TPSA) is 65.2 Å². The van der Waals surface area contributed by atoms with E-state index in [2.05, 4.69) is 10.3 Å². The van der Waals surface area contributed by atoms with Gasteiger partial charge in [0.25, 0.3) is 11.7 Å². The highest BCUT2D eigenvalue weighted by atomic mass is 35.5. The summed E-state index contributed by atoms with van der Waals surface area (Å²) in [4.78, 5) is 29.6. The van der Waals surface area contributed by atoms with Crippen molar-refractivity contribution in [2.24, 2.45) is 0 Å². The molecule has 1 heterocycles. The number of rotatable bonds is 4. The maximum absolute atomic E-state index is 12.4. The van der Waals surface area contributed by atoms with Gasteiger partial charge in [0.1, 0.15) is 0 Å². The number of hydrogen-bond acceptors (Lipinski definition) is 3. The molecule has 3 aromatic rings. The van der Waals surface area contributed by atoms with Crippen LogP contribution in [-0.4, -0.2) is 30.8 Å². The summed E-state index contributed by atoms with van der Waals surface area (Å²) in [7, 11) is 3.86. The smallest absolute Gasteiger partial charge is 0.296 e. The van der Waals surface area contributed by atoms with Gasteiger partial charge in [-0.3, -0.25) is 9.59 Å². The highest BCUT2D eigenvalue weighted by Crippen LogP contribution is 2.23. The molecule has 0 aliphatic carbocycles. The van der Waals surface area contributed by atoms with Crippen molar-refractivity contribution in [3.63, 3.8) is 0 Å². The van der Waals surface area contributed by atoms with E-state index >= 15 is 0 Å². The number of aromatic nitrogens is 1. The average Bonchev–Trinajstić information content (AvgIpc) is 2.97. The van der Waals surface area contributed by atoms with Crippen LogP contribution in [0.2, 0.25) is 5.02 Å². The Kier molecular flexibility index (Phi) is 4.27. The van der Waals surface area contributed by atoms with Gasteiger partial charge in [-0.1, -0.05) is 11.6 Å². The van der Waals surface area contributed by atoms with Gasteiger partial charge in [-0.25, -0.2) is 0 Å². The maximum atomic E-state index is 12.4. The number of nitrogens with one attached hydrogen (secondary N) is 2. The van der Waals surface area contributed by atoms with E-state index in [1.807, 2.05) is 31.1 Å². The molecule has 24 heavy (non-hydrogen) atoms. The minimum absolute atomic E-state index is 0.301. The van der Waals surface area contributed by atoms with Crippen LogP contribution in [0.25, 0.3) is 10.9 Å². The predicted octanol–water partition coefficient (Wildman–Crippen LogP) is 3.71. The van der Waals surface area contributed by atoms with Gasteiger partial charge in [-0.05, 0) is 42.5 Å². The first-order chi connectivity index (χ1) is 11.5. The minimum Gasteiger partial charge on any atom is -0.378 e. The van der Waals surface area contributed by atoms with E-state index in [4.69, 9.17) is 11.6 Å². The summed E-state index contributed by atoms with van der Waals surface area (Å²) in [6, 6.07) is 12.4. The van der Waals surface area contributed by atoms with Crippen molar-refractivity contribution in [2.75, 3.05) is 24.3 Å². The summed E-state index contributed by atoms with van der Waals surface area (Å²) in [5.74, 6) is -1.30. The van der Waals surface area contributed by atoms with E-state index < -0.39 is 11.7 Å². The second-order valence-electron chi connectivity index (χ2n) is 5.62. The van der Waals surface area contributed by atoms with E-state index in [0.717, 1.165) is 11.2 Å². The number of nitrogens with zero attached hydrogens (tertiary/aromatic N) is 1. The number of aromatic amines is 1. The normalized spacial score (nSPS) is 10.6. The lowest BCUT2D eigenvalue weighted by Crippen LogP contribution is -2.22. The predicted molar refractivity (Wildman–Crippen MR) is 97.0 cm³/mol. The fourth-order valence-corrected chi connectivity index (χ4v) is 2.61. The lowest BCUT2D eigenvalue weighted by Gasteiger charge is -2.12. The molecule has 6 heteroatoms. The molecule has 0 fully saturated rings. The standard InChI is InChI=1S/C18H16ClN3O2/c1-22(2)13-6-4-12(5-7-13)21-18(24)17(23)15-10-20-16-8-3-11(19)9-14(15)16/h3-10,20H,1-2H3,(H,21,24). The first-order valence-electron chi connectivity index (χ1n) is 7.35. The van der Waals surface area contributed by atoms with E-state index in [0.29, 0.717) is 21.7 Å². The molecular weight excluding hydrogens is 326 g/mol. The Bertz CT molecular complexity index is 914. The molecule has 3 rings (SSSR count). The van der Waals surface area contributed by atoms with Crippen molar-refractivity contribution in [1.29, 1.82) is 0 Å². The van der Waals surface area contributed by atoms with Crippen LogP contribution in [0.5, 0.6) is 0 Å². The Labute approximate surface area is 144 Å². The van der Waals surface area contributed by atoms with Gasteiger partial charge in [-0.2, -0.15) is 0 Å². The van der Waals surface area contributed by atoms with E-state index in [9.17, 15) is 9.59 Å². The molecule has 0 atom stereocenters. The van der Waals surface area contributed by atoms with Crippen molar-refractivity contribution in [3.05, 3.63) is 59.2 Å². The van der Waals surface area contributed by atoms with Gasteiger partial charge < -0.3 is 15.2 Å².